The van der Waals surface area contributed by atoms with Crippen LogP contribution in [0.4, 0.5) is 0 Å². The highest BCUT2D eigenvalue weighted by atomic mass is 15.2. The molecule has 1 aromatic rings. The maximum Gasteiger partial charge on any atom is 0.0481 e. The standard InChI is InChI=1S/C19H32N2/c1-5-19(6-2,21-13-7-8-14-21)18(20)17-11-9-16(10-12-17)15(3)4/h9-12,15,18H,5-8,13-14,20H2,1-4H3. The van der Waals surface area contributed by atoms with Gasteiger partial charge in [0.2, 0.25) is 0 Å². The van der Waals surface area contributed by atoms with Crippen LogP contribution in [-0.2, 0) is 0 Å². The summed E-state index contributed by atoms with van der Waals surface area (Å²) in [5, 5.41) is 0. The molecule has 0 bridgehead atoms. The summed E-state index contributed by atoms with van der Waals surface area (Å²) in [5.41, 5.74) is 9.56. The smallest absolute Gasteiger partial charge is 0.0481 e. The van der Waals surface area contributed by atoms with Crippen LogP contribution in [-0.4, -0.2) is 23.5 Å². The van der Waals surface area contributed by atoms with E-state index in [0.717, 1.165) is 12.8 Å². The molecule has 0 saturated carbocycles. The predicted octanol–water partition coefficient (Wildman–Crippen LogP) is 4.46. The lowest BCUT2D eigenvalue weighted by Crippen LogP contribution is -2.53. The van der Waals surface area contributed by atoms with Crippen LogP contribution in [0.1, 0.15) is 76.5 Å². The fraction of sp³-hybridized carbons (Fsp3) is 0.684. The fourth-order valence-electron chi connectivity index (χ4n) is 3.89. The molecule has 1 fully saturated rings. The molecule has 0 amide bonds. The minimum atomic E-state index is 0.104. The summed E-state index contributed by atoms with van der Waals surface area (Å²) in [5.74, 6) is 0.580. The number of benzene rings is 1. The van der Waals surface area contributed by atoms with Crippen molar-refractivity contribution < 1.29 is 0 Å². The quantitative estimate of drug-likeness (QED) is 0.837. The number of nitrogens with two attached hydrogens (primary N) is 1. The van der Waals surface area contributed by atoms with Gasteiger partial charge in [-0.25, -0.2) is 0 Å². The lowest BCUT2D eigenvalue weighted by atomic mass is 9.79. The maximum atomic E-state index is 6.76. The number of hydrogen-bond donors (Lipinski definition) is 1. The first kappa shape index (κ1) is 16.5. The molecule has 2 rings (SSSR count). The van der Waals surface area contributed by atoms with Gasteiger partial charge in [0, 0.05) is 11.6 Å². The molecule has 1 unspecified atom stereocenters. The summed E-state index contributed by atoms with van der Waals surface area (Å²) in [6.07, 6.45) is 4.88. The van der Waals surface area contributed by atoms with Gasteiger partial charge in [0.1, 0.15) is 0 Å². The lowest BCUT2D eigenvalue weighted by molar-refractivity contribution is 0.0767. The molecule has 0 aliphatic carbocycles. The van der Waals surface area contributed by atoms with Crippen LogP contribution in [0.15, 0.2) is 24.3 Å². The van der Waals surface area contributed by atoms with Gasteiger partial charge in [-0.15, -0.1) is 0 Å². The second-order valence-electron chi connectivity index (χ2n) is 6.80. The molecule has 21 heavy (non-hydrogen) atoms. The van der Waals surface area contributed by atoms with Gasteiger partial charge in [-0.2, -0.15) is 0 Å². The van der Waals surface area contributed by atoms with Crippen molar-refractivity contribution in [3.8, 4) is 0 Å². The number of hydrogen-bond acceptors (Lipinski definition) is 2. The Kier molecular flexibility index (Phi) is 5.45. The van der Waals surface area contributed by atoms with Crippen molar-refractivity contribution in [3.05, 3.63) is 35.4 Å². The molecule has 2 nitrogen and oxygen atoms in total. The van der Waals surface area contributed by atoms with Crippen LogP contribution in [0.3, 0.4) is 0 Å². The summed E-state index contributed by atoms with van der Waals surface area (Å²) in [4.78, 5) is 2.65. The van der Waals surface area contributed by atoms with Crippen molar-refractivity contribution in [3.63, 3.8) is 0 Å². The summed E-state index contributed by atoms with van der Waals surface area (Å²) in [7, 11) is 0. The van der Waals surface area contributed by atoms with Gasteiger partial charge < -0.3 is 5.73 Å². The molecule has 1 heterocycles. The molecule has 0 aromatic heterocycles. The van der Waals surface area contributed by atoms with Crippen LogP contribution in [0.25, 0.3) is 0 Å². The van der Waals surface area contributed by atoms with Gasteiger partial charge in [0.15, 0.2) is 0 Å². The van der Waals surface area contributed by atoms with Crippen molar-refractivity contribution >= 4 is 0 Å². The Morgan fingerprint density at radius 2 is 1.48 bits per heavy atom. The predicted molar refractivity (Wildman–Crippen MR) is 91.6 cm³/mol. The Balaban J connectivity index is 2.27. The highest BCUT2D eigenvalue weighted by Gasteiger charge is 2.40. The van der Waals surface area contributed by atoms with Crippen LogP contribution in [0.5, 0.6) is 0 Å². The van der Waals surface area contributed by atoms with E-state index in [4.69, 9.17) is 5.73 Å². The molecule has 2 heteroatoms. The summed E-state index contributed by atoms with van der Waals surface area (Å²) < 4.78 is 0. The van der Waals surface area contributed by atoms with Gasteiger partial charge in [0.05, 0.1) is 0 Å². The second-order valence-corrected chi connectivity index (χ2v) is 6.80. The molecule has 0 radical (unpaired) electrons. The fourth-order valence-corrected chi connectivity index (χ4v) is 3.89. The average molecular weight is 288 g/mol. The van der Waals surface area contributed by atoms with E-state index in [0.29, 0.717) is 5.92 Å². The topological polar surface area (TPSA) is 29.3 Å². The average Bonchev–Trinajstić information content (AvgIpc) is 3.04. The maximum absolute atomic E-state index is 6.76. The van der Waals surface area contributed by atoms with Gasteiger partial charge in [-0.1, -0.05) is 52.0 Å². The van der Waals surface area contributed by atoms with Crippen molar-refractivity contribution in [2.45, 2.75) is 70.9 Å². The molecule has 1 saturated heterocycles. The van der Waals surface area contributed by atoms with Gasteiger partial charge in [0.25, 0.3) is 0 Å². The second kappa shape index (κ2) is 6.93. The van der Waals surface area contributed by atoms with E-state index >= 15 is 0 Å². The zero-order chi connectivity index (χ0) is 15.5. The Hall–Kier alpha value is -0.860. The number of rotatable bonds is 6. The third kappa shape index (κ3) is 3.17. The zero-order valence-electron chi connectivity index (χ0n) is 14.2. The third-order valence-electron chi connectivity index (χ3n) is 5.50. The van der Waals surface area contributed by atoms with Crippen molar-refractivity contribution in [1.29, 1.82) is 0 Å². The van der Waals surface area contributed by atoms with E-state index in [-0.39, 0.29) is 11.6 Å². The van der Waals surface area contributed by atoms with Crippen LogP contribution < -0.4 is 5.73 Å². The SMILES string of the molecule is CCC(CC)(C(N)c1ccc(C(C)C)cc1)N1CCCC1. The monoisotopic (exact) mass is 288 g/mol. The van der Waals surface area contributed by atoms with Crippen LogP contribution in [0.2, 0.25) is 0 Å². The molecule has 2 N–H and O–H groups in total. The third-order valence-corrected chi connectivity index (χ3v) is 5.50. The molecule has 1 aliphatic heterocycles. The first-order valence-corrected chi connectivity index (χ1v) is 8.65. The number of nitrogens with zero attached hydrogens (tertiary/aromatic N) is 1. The van der Waals surface area contributed by atoms with Crippen molar-refractivity contribution in [2.75, 3.05) is 13.1 Å². The zero-order valence-corrected chi connectivity index (χ0v) is 14.2. The molecule has 0 spiro atoms. The summed E-state index contributed by atoms with van der Waals surface area (Å²) in [6.45, 7) is 11.5. The van der Waals surface area contributed by atoms with E-state index in [1.807, 2.05) is 0 Å². The largest absolute Gasteiger partial charge is 0.322 e. The van der Waals surface area contributed by atoms with E-state index in [9.17, 15) is 0 Å². The number of likely N-dealkylation sites (tertiary alicyclic amines) is 1. The Morgan fingerprint density at radius 3 is 1.90 bits per heavy atom. The minimum Gasteiger partial charge on any atom is -0.322 e. The summed E-state index contributed by atoms with van der Waals surface area (Å²) in [6, 6.07) is 9.10. The van der Waals surface area contributed by atoms with Gasteiger partial charge in [-0.05, 0) is 55.8 Å². The van der Waals surface area contributed by atoms with E-state index in [2.05, 4.69) is 56.9 Å². The normalized spacial score (nSPS) is 18.4. The Morgan fingerprint density at radius 1 is 1.00 bits per heavy atom. The summed E-state index contributed by atoms with van der Waals surface area (Å²) >= 11 is 0. The highest BCUT2D eigenvalue weighted by molar-refractivity contribution is 5.29. The first-order chi connectivity index (χ1) is 10.0. The molecule has 1 atom stereocenters. The van der Waals surface area contributed by atoms with E-state index < -0.39 is 0 Å². The molecular weight excluding hydrogens is 256 g/mol. The molecular formula is C19H32N2. The van der Waals surface area contributed by atoms with E-state index in [1.54, 1.807) is 0 Å². The molecule has 1 aromatic carbocycles. The molecule has 1 aliphatic rings. The van der Waals surface area contributed by atoms with Crippen molar-refractivity contribution in [2.24, 2.45) is 5.73 Å². The van der Waals surface area contributed by atoms with Gasteiger partial charge in [-0.3, -0.25) is 4.90 Å². The van der Waals surface area contributed by atoms with Crippen LogP contribution >= 0.6 is 0 Å². The van der Waals surface area contributed by atoms with Crippen LogP contribution in [0, 0.1) is 0 Å². The minimum absolute atomic E-state index is 0.104. The highest BCUT2D eigenvalue weighted by Crippen LogP contribution is 2.38. The Labute approximate surface area is 130 Å². The lowest BCUT2D eigenvalue weighted by Gasteiger charge is -2.45. The van der Waals surface area contributed by atoms with E-state index in [1.165, 1.54) is 37.1 Å². The first-order valence-electron chi connectivity index (χ1n) is 8.65. The van der Waals surface area contributed by atoms with Crippen molar-refractivity contribution in [1.82, 2.24) is 4.90 Å². The van der Waals surface area contributed by atoms with Gasteiger partial charge >= 0.3 is 0 Å². The molecule has 118 valence electrons. The Bertz CT molecular complexity index is 425.